The summed E-state index contributed by atoms with van der Waals surface area (Å²) >= 11 is 22.9. The highest BCUT2D eigenvalue weighted by Crippen LogP contribution is 2.21. The van der Waals surface area contributed by atoms with Gasteiger partial charge in [-0.15, -0.1) is 0 Å². The number of nitrogens with two attached hydrogens (primary N) is 1. The van der Waals surface area contributed by atoms with E-state index in [4.69, 9.17) is 52.8 Å². The summed E-state index contributed by atoms with van der Waals surface area (Å²) in [5, 5.41) is 3.56. The number of benzene rings is 1. The van der Waals surface area contributed by atoms with Gasteiger partial charge in [-0.05, 0) is 42.4 Å². The van der Waals surface area contributed by atoms with E-state index in [1.165, 1.54) is 0 Å². The van der Waals surface area contributed by atoms with Crippen LogP contribution in [0.1, 0.15) is 5.56 Å². The minimum absolute atomic E-state index is 0.169. The zero-order valence-corrected chi connectivity index (χ0v) is 14.0. The Morgan fingerprint density at radius 3 is 2.38 bits per heavy atom. The van der Waals surface area contributed by atoms with Crippen molar-refractivity contribution in [1.29, 1.82) is 0 Å². The Morgan fingerprint density at radius 1 is 1.14 bits per heavy atom. The molecule has 3 N–H and O–H groups in total. The molecule has 21 heavy (non-hydrogen) atoms. The predicted octanol–water partition coefficient (Wildman–Crippen LogP) is 3.41. The van der Waals surface area contributed by atoms with Gasteiger partial charge in [0, 0.05) is 29.0 Å². The Bertz CT molecular complexity index is 583. The van der Waals surface area contributed by atoms with Gasteiger partial charge in [-0.1, -0.05) is 34.8 Å². The van der Waals surface area contributed by atoms with Gasteiger partial charge in [0.05, 0.1) is 6.20 Å². The first-order valence-corrected chi connectivity index (χ1v) is 7.60. The lowest BCUT2D eigenvalue weighted by molar-refractivity contribution is 0.388. The van der Waals surface area contributed by atoms with Crippen molar-refractivity contribution in [3.8, 4) is 0 Å². The number of hydrogen-bond acceptors (Lipinski definition) is 3. The first-order chi connectivity index (χ1) is 9.94. The summed E-state index contributed by atoms with van der Waals surface area (Å²) in [6, 6.07) is 5.48. The van der Waals surface area contributed by atoms with Crippen LogP contribution in [0.5, 0.6) is 0 Å². The zero-order valence-electron chi connectivity index (χ0n) is 10.9. The molecule has 0 unspecified atom stereocenters. The molecule has 1 aromatic rings. The highest BCUT2D eigenvalue weighted by molar-refractivity contribution is 7.80. The molecule has 1 aromatic carbocycles. The van der Waals surface area contributed by atoms with Gasteiger partial charge in [-0.3, -0.25) is 10.4 Å². The van der Waals surface area contributed by atoms with Crippen molar-refractivity contribution in [2.45, 2.75) is 6.42 Å². The summed E-state index contributed by atoms with van der Waals surface area (Å²) < 4.78 is 0. The minimum atomic E-state index is 0.169. The molecular formula is C13H13Cl3N4S. The Kier molecular flexibility index (Phi) is 5.58. The Hall–Kier alpha value is -1.14. The molecule has 0 fully saturated rings. The first kappa shape index (κ1) is 16.2. The maximum absolute atomic E-state index is 6.21. The van der Waals surface area contributed by atoms with Gasteiger partial charge < -0.3 is 10.6 Å². The van der Waals surface area contributed by atoms with Gasteiger partial charge in [-0.25, -0.2) is 0 Å². The van der Waals surface area contributed by atoms with Crippen LogP contribution in [-0.2, 0) is 6.42 Å². The van der Waals surface area contributed by atoms with Gasteiger partial charge in [0.15, 0.2) is 5.11 Å². The molecule has 0 bridgehead atoms. The van der Waals surface area contributed by atoms with Crippen LogP contribution in [0.25, 0.3) is 0 Å². The van der Waals surface area contributed by atoms with Crippen molar-refractivity contribution >= 4 is 52.1 Å². The van der Waals surface area contributed by atoms with Crippen LogP contribution in [0.3, 0.4) is 0 Å². The Morgan fingerprint density at radius 2 is 1.81 bits per heavy atom. The summed E-state index contributed by atoms with van der Waals surface area (Å²) in [4.78, 5) is 1.90. The van der Waals surface area contributed by atoms with Crippen LogP contribution in [0.15, 0.2) is 42.0 Å². The number of thiocarbonyl (C=S) groups is 1. The lowest BCUT2D eigenvalue weighted by Gasteiger charge is -2.28. The fourth-order valence-electron chi connectivity index (χ4n) is 1.84. The Labute approximate surface area is 143 Å². The second-order valence-electron chi connectivity index (χ2n) is 4.35. The van der Waals surface area contributed by atoms with Crippen molar-refractivity contribution in [2.24, 2.45) is 5.73 Å². The third-order valence-corrected chi connectivity index (χ3v) is 3.57. The standard InChI is InChI=1S/C13H13Cl3N4S/c14-10-5-9(6-11(15)7-10)1-2-19-3-4-20(8-12(19)16)18-13(17)21/h3-8H,1-2H2,(H3,17,18,21). The highest BCUT2D eigenvalue weighted by atomic mass is 35.5. The lowest BCUT2D eigenvalue weighted by Crippen LogP contribution is -2.40. The van der Waals surface area contributed by atoms with Gasteiger partial charge in [-0.2, -0.15) is 0 Å². The number of hydrazine groups is 1. The van der Waals surface area contributed by atoms with Crippen molar-refractivity contribution in [3.05, 3.63) is 57.6 Å². The van der Waals surface area contributed by atoms with E-state index >= 15 is 0 Å². The van der Waals surface area contributed by atoms with Crippen LogP contribution in [-0.4, -0.2) is 21.6 Å². The first-order valence-electron chi connectivity index (χ1n) is 6.06. The van der Waals surface area contributed by atoms with E-state index in [0.717, 1.165) is 12.0 Å². The predicted molar refractivity (Wildman–Crippen MR) is 91.7 cm³/mol. The maximum Gasteiger partial charge on any atom is 0.183 e. The molecule has 1 aliphatic rings. The molecule has 0 atom stereocenters. The molecule has 0 saturated heterocycles. The van der Waals surface area contributed by atoms with E-state index in [9.17, 15) is 0 Å². The quantitative estimate of drug-likeness (QED) is 0.634. The van der Waals surface area contributed by atoms with Crippen LogP contribution in [0.2, 0.25) is 10.0 Å². The number of halogens is 3. The highest BCUT2D eigenvalue weighted by Gasteiger charge is 2.12. The molecule has 1 aliphatic heterocycles. The third kappa shape index (κ3) is 4.97. The largest absolute Gasteiger partial charge is 0.375 e. The summed E-state index contributed by atoms with van der Waals surface area (Å²) in [5.41, 5.74) is 9.21. The van der Waals surface area contributed by atoms with Crippen LogP contribution in [0.4, 0.5) is 0 Å². The van der Waals surface area contributed by atoms with Gasteiger partial charge in [0.2, 0.25) is 0 Å². The molecule has 4 nitrogen and oxygen atoms in total. The topological polar surface area (TPSA) is 44.5 Å². The van der Waals surface area contributed by atoms with Crippen molar-refractivity contribution in [3.63, 3.8) is 0 Å². The smallest absolute Gasteiger partial charge is 0.183 e. The molecule has 0 aliphatic carbocycles. The van der Waals surface area contributed by atoms with E-state index in [1.807, 2.05) is 23.2 Å². The summed E-state index contributed by atoms with van der Waals surface area (Å²) in [6.45, 7) is 0.698. The number of hydrogen-bond donors (Lipinski definition) is 2. The average Bonchev–Trinajstić information content (AvgIpc) is 2.36. The molecule has 1 heterocycles. The summed E-state index contributed by atoms with van der Waals surface area (Å²) in [7, 11) is 0. The summed E-state index contributed by atoms with van der Waals surface area (Å²) in [5.74, 6) is 0. The SMILES string of the molecule is NC(=S)NN1C=CN(CCc2cc(Cl)cc(Cl)c2)C(Cl)=C1. The number of nitrogens with one attached hydrogen (secondary N) is 1. The van der Waals surface area contributed by atoms with E-state index in [2.05, 4.69) is 5.43 Å². The zero-order chi connectivity index (χ0) is 15.4. The molecule has 0 saturated carbocycles. The second-order valence-corrected chi connectivity index (χ2v) is 6.05. The molecule has 0 amide bonds. The Balaban J connectivity index is 1.95. The molecule has 2 rings (SSSR count). The summed E-state index contributed by atoms with van der Waals surface area (Å²) in [6.07, 6.45) is 6.05. The van der Waals surface area contributed by atoms with E-state index in [-0.39, 0.29) is 5.11 Å². The molecular weight excluding hydrogens is 351 g/mol. The van der Waals surface area contributed by atoms with Crippen LogP contribution in [0, 0.1) is 0 Å². The fourth-order valence-corrected chi connectivity index (χ4v) is 2.76. The molecule has 112 valence electrons. The molecule has 0 spiro atoms. The van der Waals surface area contributed by atoms with Gasteiger partial charge >= 0.3 is 0 Å². The molecule has 0 aromatic heterocycles. The average molecular weight is 364 g/mol. The maximum atomic E-state index is 6.21. The fraction of sp³-hybridized carbons (Fsp3) is 0.154. The van der Waals surface area contributed by atoms with E-state index < -0.39 is 0 Å². The van der Waals surface area contributed by atoms with Crippen molar-refractivity contribution < 1.29 is 0 Å². The van der Waals surface area contributed by atoms with Crippen LogP contribution < -0.4 is 11.2 Å². The second kappa shape index (κ2) is 7.22. The van der Waals surface area contributed by atoms with Gasteiger partial charge in [0.25, 0.3) is 0 Å². The van der Waals surface area contributed by atoms with Gasteiger partial charge in [0.1, 0.15) is 5.16 Å². The van der Waals surface area contributed by atoms with E-state index in [0.29, 0.717) is 21.7 Å². The van der Waals surface area contributed by atoms with Crippen molar-refractivity contribution in [2.75, 3.05) is 6.54 Å². The van der Waals surface area contributed by atoms with E-state index in [1.54, 1.807) is 23.5 Å². The third-order valence-electron chi connectivity index (χ3n) is 2.73. The normalized spacial score (nSPS) is 14.1. The minimum Gasteiger partial charge on any atom is -0.375 e. The molecule has 8 heteroatoms. The lowest BCUT2D eigenvalue weighted by atomic mass is 10.1. The van der Waals surface area contributed by atoms with Crippen molar-refractivity contribution in [1.82, 2.24) is 15.3 Å². The van der Waals surface area contributed by atoms with Crippen LogP contribution >= 0.6 is 47.0 Å². The number of rotatable bonds is 4. The number of nitrogens with zero attached hydrogens (tertiary/aromatic N) is 2. The monoisotopic (exact) mass is 362 g/mol. The molecule has 0 radical (unpaired) electrons.